The Kier molecular flexibility index (Phi) is 4.41. The second-order valence-electron chi connectivity index (χ2n) is 5.70. The standard InChI is InChI=1S/C16H21NO4/c18-10-12-1-2-15-14(7-12)9-17(4-6-21-15)16(19)8-13-3-5-20-11-13/h1-2,7,13,18H,3-6,8-11H2. The lowest BCUT2D eigenvalue weighted by atomic mass is 10.0. The molecule has 1 unspecified atom stereocenters. The van der Waals surface area contributed by atoms with E-state index < -0.39 is 0 Å². The highest BCUT2D eigenvalue weighted by Crippen LogP contribution is 2.26. The SMILES string of the molecule is O=C(CC1CCOC1)N1CCOc2ccc(CO)cc2C1. The fourth-order valence-electron chi connectivity index (χ4n) is 2.88. The van der Waals surface area contributed by atoms with Gasteiger partial charge >= 0.3 is 0 Å². The number of hydrogen-bond acceptors (Lipinski definition) is 4. The Balaban J connectivity index is 1.70. The number of hydrogen-bond donors (Lipinski definition) is 1. The first-order chi connectivity index (χ1) is 10.3. The second kappa shape index (κ2) is 6.45. The Morgan fingerprint density at radius 2 is 2.29 bits per heavy atom. The van der Waals surface area contributed by atoms with Crippen LogP contribution in [0.1, 0.15) is 24.0 Å². The predicted molar refractivity (Wildman–Crippen MR) is 76.8 cm³/mol. The monoisotopic (exact) mass is 291 g/mol. The zero-order valence-electron chi connectivity index (χ0n) is 12.1. The van der Waals surface area contributed by atoms with Gasteiger partial charge in [0.15, 0.2) is 0 Å². The number of rotatable bonds is 3. The Labute approximate surface area is 124 Å². The van der Waals surface area contributed by atoms with Crippen LogP contribution in [0.15, 0.2) is 18.2 Å². The Morgan fingerprint density at radius 3 is 3.05 bits per heavy atom. The number of nitrogens with zero attached hydrogens (tertiary/aromatic N) is 1. The molecule has 1 aromatic rings. The minimum atomic E-state index is 0.000634. The number of ether oxygens (including phenoxy) is 2. The van der Waals surface area contributed by atoms with Crippen LogP contribution in [-0.2, 0) is 22.7 Å². The normalized spacial score (nSPS) is 21.6. The zero-order valence-corrected chi connectivity index (χ0v) is 12.1. The first-order valence-corrected chi connectivity index (χ1v) is 7.47. The largest absolute Gasteiger partial charge is 0.491 e. The third kappa shape index (κ3) is 3.36. The number of fused-ring (bicyclic) bond motifs is 1. The van der Waals surface area contributed by atoms with Crippen molar-refractivity contribution in [3.05, 3.63) is 29.3 Å². The molecule has 2 aliphatic rings. The number of aliphatic hydroxyl groups is 1. The average Bonchev–Trinajstić information content (AvgIpc) is 2.90. The zero-order chi connectivity index (χ0) is 14.7. The Morgan fingerprint density at radius 1 is 1.38 bits per heavy atom. The van der Waals surface area contributed by atoms with Gasteiger partial charge in [-0.25, -0.2) is 0 Å². The van der Waals surface area contributed by atoms with Gasteiger partial charge in [0.2, 0.25) is 5.91 Å². The molecular formula is C16H21NO4. The molecule has 0 radical (unpaired) electrons. The molecule has 5 heteroatoms. The summed E-state index contributed by atoms with van der Waals surface area (Å²) in [5.74, 6) is 1.33. The van der Waals surface area contributed by atoms with Crippen molar-refractivity contribution in [3.63, 3.8) is 0 Å². The molecule has 0 aromatic heterocycles. The van der Waals surface area contributed by atoms with E-state index in [9.17, 15) is 9.90 Å². The molecule has 3 rings (SSSR count). The number of carbonyl (C=O) groups is 1. The number of carbonyl (C=O) groups excluding carboxylic acids is 1. The number of amides is 1. The summed E-state index contributed by atoms with van der Waals surface area (Å²) in [7, 11) is 0. The van der Waals surface area contributed by atoms with Gasteiger partial charge in [-0.05, 0) is 30.0 Å². The highest BCUT2D eigenvalue weighted by atomic mass is 16.5. The fourth-order valence-corrected chi connectivity index (χ4v) is 2.88. The fraction of sp³-hybridized carbons (Fsp3) is 0.562. The summed E-state index contributed by atoms with van der Waals surface area (Å²) in [6, 6.07) is 5.64. The van der Waals surface area contributed by atoms with E-state index in [0.717, 1.165) is 29.9 Å². The van der Waals surface area contributed by atoms with Gasteiger partial charge in [-0.2, -0.15) is 0 Å². The van der Waals surface area contributed by atoms with E-state index in [1.54, 1.807) is 0 Å². The first-order valence-electron chi connectivity index (χ1n) is 7.47. The van der Waals surface area contributed by atoms with Gasteiger partial charge in [-0.15, -0.1) is 0 Å². The van der Waals surface area contributed by atoms with E-state index in [2.05, 4.69) is 0 Å². The van der Waals surface area contributed by atoms with Crippen molar-refractivity contribution in [1.82, 2.24) is 4.90 Å². The highest BCUT2D eigenvalue weighted by Gasteiger charge is 2.25. The van der Waals surface area contributed by atoms with Crippen LogP contribution in [-0.4, -0.2) is 42.3 Å². The van der Waals surface area contributed by atoms with Crippen molar-refractivity contribution in [2.45, 2.75) is 26.0 Å². The maximum atomic E-state index is 12.4. The average molecular weight is 291 g/mol. The Hall–Kier alpha value is -1.59. The summed E-state index contributed by atoms with van der Waals surface area (Å²) in [5, 5.41) is 9.24. The van der Waals surface area contributed by atoms with Crippen LogP contribution in [0.5, 0.6) is 5.75 Å². The van der Waals surface area contributed by atoms with Gasteiger partial charge in [0.05, 0.1) is 13.2 Å². The lowest BCUT2D eigenvalue weighted by molar-refractivity contribution is -0.133. The van der Waals surface area contributed by atoms with Crippen LogP contribution in [0.25, 0.3) is 0 Å². The summed E-state index contributed by atoms with van der Waals surface area (Å²) in [5.41, 5.74) is 1.81. The minimum Gasteiger partial charge on any atom is -0.491 e. The van der Waals surface area contributed by atoms with E-state index in [4.69, 9.17) is 9.47 Å². The molecule has 0 aliphatic carbocycles. The van der Waals surface area contributed by atoms with Crippen molar-refractivity contribution in [2.75, 3.05) is 26.4 Å². The molecular weight excluding hydrogens is 270 g/mol. The van der Waals surface area contributed by atoms with Gasteiger partial charge in [-0.3, -0.25) is 4.79 Å². The lowest BCUT2D eigenvalue weighted by Gasteiger charge is -2.21. The third-order valence-electron chi connectivity index (χ3n) is 4.13. The molecule has 21 heavy (non-hydrogen) atoms. The van der Waals surface area contributed by atoms with Gasteiger partial charge in [0.1, 0.15) is 12.4 Å². The molecule has 0 bridgehead atoms. The molecule has 1 saturated heterocycles. The molecule has 1 amide bonds. The maximum absolute atomic E-state index is 12.4. The van der Waals surface area contributed by atoms with E-state index in [1.807, 2.05) is 23.1 Å². The number of aliphatic hydroxyl groups excluding tert-OH is 1. The summed E-state index contributed by atoms with van der Waals surface area (Å²) >= 11 is 0. The van der Waals surface area contributed by atoms with Crippen molar-refractivity contribution in [2.24, 2.45) is 5.92 Å². The van der Waals surface area contributed by atoms with E-state index in [0.29, 0.717) is 38.6 Å². The number of benzene rings is 1. The smallest absolute Gasteiger partial charge is 0.223 e. The van der Waals surface area contributed by atoms with Gasteiger partial charge in [-0.1, -0.05) is 6.07 Å². The van der Waals surface area contributed by atoms with Gasteiger partial charge < -0.3 is 19.5 Å². The van der Waals surface area contributed by atoms with Crippen molar-refractivity contribution in [1.29, 1.82) is 0 Å². The summed E-state index contributed by atoms with van der Waals surface area (Å²) in [4.78, 5) is 14.3. The second-order valence-corrected chi connectivity index (χ2v) is 5.70. The van der Waals surface area contributed by atoms with Crippen LogP contribution < -0.4 is 4.74 Å². The van der Waals surface area contributed by atoms with Crippen LogP contribution in [0.4, 0.5) is 0 Å². The van der Waals surface area contributed by atoms with Crippen molar-refractivity contribution >= 4 is 5.91 Å². The summed E-state index contributed by atoms with van der Waals surface area (Å²) in [6.07, 6.45) is 1.52. The maximum Gasteiger partial charge on any atom is 0.223 e. The predicted octanol–water partition coefficient (Wildman–Crippen LogP) is 1.33. The molecule has 1 N–H and O–H groups in total. The van der Waals surface area contributed by atoms with Gasteiger partial charge in [0, 0.05) is 31.7 Å². The van der Waals surface area contributed by atoms with E-state index >= 15 is 0 Å². The van der Waals surface area contributed by atoms with Crippen LogP contribution in [0, 0.1) is 5.92 Å². The molecule has 114 valence electrons. The minimum absolute atomic E-state index is 0.000634. The third-order valence-corrected chi connectivity index (χ3v) is 4.13. The first kappa shape index (κ1) is 14.4. The molecule has 1 aromatic carbocycles. The van der Waals surface area contributed by atoms with Crippen molar-refractivity contribution in [3.8, 4) is 5.75 Å². The lowest BCUT2D eigenvalue weighted by Crippen LogP contribution is -2.33. The molecule has 5 nitrogen and oxygen atoms in total. The van der Waals surface area contributed by atoms with Crippen molar-refractivity contribution < 1.29 is 19.4 Å². The van der Waals surface area contributed by atoms with Gasteiger partial charge in [0.25, 0.3) is 0 Å². The van der Waals surface area contributed by atoms with E-state index in [-0.39, 0.29) is 12.5 Å². The molecule has 0 spiro atoms. The topological polar surface area (TPSA) is 59.0 Å². The molecule has 0 saturated carbocycles. The highest BCUT2D eigenvalue weighted by molar-refractivity contribution is 5.76. The summed E-state index contributed by atoms with van der Waals surface area (Å²) in [6.45, 7) is 3.13. The molecule has 1 atom stereocenters. The molecule has 1 fully saturated rings. The summed E-state index contributed by atoms with van der Waals surface area (Å²) < 4.78 is 11.0. The Bertz CT molecular complexity index is 511. The van der Waals surface area contributed by atoms with E-state index in [1.165, 1.54) is 0 Å². The van der Waals surface area contributed by atoms with Crippen LogP contribution in [0.2, 0.25) is 0 Å². The van der Waals surface area contributed by atoms with Crippen LogP contribution >= 0.6 is 0 Å². The van der Waals surface area contributed by atoms with Crippen LogP contribution in [0.3, 0.4) is 0 Å². The quantitative estimate of drug-likeness (QED) is 0.912. The molecule has 2 heterocycles. The molecule has 2 aliphatic heterocycles.